The van der Waals surface area contributed by atoms with Gasteiger partial charge in [0.05, 0.1) is 5.94 Å². The van der Waals surface area contributed by atoms with E-state index in [0.29, 0.717) is 37.9 Å². The Balaban J connectivity index is 1.09. The van der Waals surface area contributed by atoms with Crippen molar-refractivity contribution >= 4 is 41.6 Å². The van der Waals surface area contributed by atoms with Crippen LogP contribution in [0.4, 0.5) is 4.79 Å². The molecular formula is C44H61BN6O6. The molecule has 3 aromatic rings. The maximum absolute atomic E-state index is 14.8. The van der Waals surface area contributed by atoms with Gasteiger partial charge in [-0.2, -0.15) is 0 Å². The van der Waals surface area contributed by atoms with E-state index in [0.717, 1.165) is 81.6 Å². The molecule has 57 heavy (non-hydrogen) atoms. The summed E-state index contributed by atoms with van der Waals surface area (Å²) in [6.45, 7) is 2.97. The van der Waals surface area contributed by atoms with Crippen LogP contribution in [0.1, 0.15) is 99.4 Å². The summed E-state index contributed by atoms with van der Waals surface area (Å²) in [6, 6.07) is 21.5. The Morgan fingerprint density at radius 1 is 0.772 bits per heavy atom. The summed E-state index contributed by atoms with van der Waals surface area (Å²) in [5.41, 5.74) is 1.69. The van der Waals surface area contributed by atoms with Crippen molar-refractivity contribution in [3.8, 4) is 0 Å². The molecule has 12 nitrogen and oxygen atoms in total. The lowest BCUT2D eigenvalue weighted by Gasteiger charge is -2.33. The molecule has 13 heteroatoms. The van der Waals surface area contributed by atoms with Crippen molar-refractivity contribution in [3.05, 3.63) is 83.9 Å². The quantitative estimate of drug-likeness (QED) is 0.0864. The number of rotatable bonds is 17. The normalized spacial score (nSPS) is 20.1. The number of nitrogens with zero attached hydrogens (tertiary/aromatic N) is 2. The number of urea groups is 1. The van der Waals surface area contributed by atoms with Crippen molar-refractivity contribution in [2.75, 3.05) is 32.7 Å². The fourth-order valence-corrected chi connectivity index (χ4v) is 8.90. The highest BCUT2D eigenvalue weighted by atomic mass is 16.4. The maximum atomic E-state index is 14.8. The number of carbonyl (C=O) groups is 4. The Labute approximate surface area is 337 Å². The lowest BCUT2D eigenvalue weighted by Crippen LogP contribution is -2.56. The molecule has 6 N–H and O–H groups in total. The smallest absolute Gasteiger partial charge is 0.426 e. The third-order valence-electron chi connectivity index (χ3n) is 12.1. The van der Waals surface area contributed by atoms with Crippen LogP contribution in [0.25, 0.3) is 10.8 Å². The van der Waals surface area contributed by atoms with Crippen LogP contribution in [-0.2, 0) is 16.0 Å². The zero-order valence-electron chi connectivity index (χ0n) is 33.2. The highest BCUT2D eigenvalue weighted by Crippen LogP contribution is 2.31. The number of amides is 5. The van der Waals surface area contributed by atoms with Crippen molar-refractivity contribution in [1.29, 1.82) is 0 Å². The van der Waals surface area contributed by atoms with Gasteiger partial charge in [0.25, 0.3) is 5.91 Å². The second kappa shape index (κ2) is 21.3. The molecule has 5 amide bonds. The number of aryl methyl sites for hydroxylation is 1. The van der Waals surface area contributed by atoms with Gasteiger partial charge in [-0.05, 0) is 98.8 Å². The summed E-state index contributed by atoms with van der Waals surface area (Å²) < 4.78 is 0. The van der Waals surface area contributed by atoms with Crippen LogP contribution in [0.15, 0.2) is 72.8 Å². The molecule has 4 atom stereocenters. The van der Waals surface area contributed by atoms with Crippen LogP contribution < -0.4 is 21.3 Å². The van der Waals surface area contributed by atoms with Gasteiger partial charge < -0.3 is 36.2 Å². The summed E-state index contributed by atoms with van der Waals surface area (Å²) in [6.07, 6.45) is 11.8. The van der Waals surface area contributed by atoms with Crippen LogP contribution in [0, 0.1) is 5.92 Å². The lowest BCUT2D eigenvalue weighted by atomic mass is 9.76. The molecule has 0 bridgehead atoms. The fraction of sp³-hybridized carbons (Fsp3) is 0.545. The molecule has 0 aromatic heterocycles. The van der Waals surface area contributed by atoms with Gasteiger partial charge in [0, 0.05) is 31.2 Å². The van der Waals surface area contributed by atoms with Crippen molar-refractivity contribution < 1.29 is 29.2 Å². The molecule has 1 saturated carbocycles. The van der Waals surface area contributed by atoms with Gasteiger partial charge in [-0.3, -0.25) is 19.3 Å². The van der Waals surface area contributed by atoms with Crippen molar-refractivity contribution in [1.82, 2.24) is 31.1 Å². The van der Waals surface area contributed by atoms with Gasteiger partial charge in [-0.1, -0.05) is 99.2 Å². The van der Waals surface area contributed by atoms with Gasteiger partial charge in [0.15, 0.2) is 0 Å². The third-order valence-corrected chi connectivity index (χ3v) is 12.1. The number of fused-ring (bicyclic) bond motifs is 1. The summed E-state index contributed by atoms with van der Waals surface area (Å²) in [5.74, 6) is -1.74. The first-order chi connectivity index (χ1) is 27.7. The first kappa shape index (κ1) is 42.2. The lowest BCUT2D eigenvalue weighted by molar-refractivity contribution is -0.140. The zero-order chi connectivity index (χ0) is 40.0. The van der Waals surface area contributed by atoms with E-state index in [1.165, 1.54) is 12.0 Å². The third kappa shape index (κ3) is 12.3. The van der Waals surface area contributed by atoms with Crippen LogP contribution in [0.3, 0.4) is 0 Å². The van der Waals surface area contributed by atoms with Gasteiger partial charge in [-0.15, -0.1) is 0 Å². The van der Waals surface area contributed by atoms with Gasteiger partial charge in [0.2, 0.25) is 11.8 Å². The molecular weight excluding hydrogens is 719 g/mol. The predicted molar refractivity (Wildman–Crippen MR) is 223 cm³/mol. The topological polar surface area (TPSA) is 163 Å². The maximum Gasteiger partial charge on any atom is 0.475 e. The van der Waals surface area contributed by atoms with Crippen LogP contribution in [-0.4, -0.2) is 108 Å². The average molecular weight is 781 g/mol. The van der Waals surface area contributed by atoms with Crippen molar-refractivity contribution in [3.63, 3.8) is 0 Å². The SMILES string of the molecule is O=C(NCCCc1ccccc1)NCCC[C@H](NC(=O)[C@@H]1C[C@@H](N2CCCCC2)CN1C(=O)[C@@H](CC1CCCCC1)NC(=O)c1ccc2ccccc2c1)B(O)O. The zero-order valence-corrected chi connectivity index (χ0v) is 33.2. The summed E-state index contributed by atoms with van der Waals surface area (Å²) >= 11 is 0. The summed E-state index contributed by atoms with van der Waals surface area (Å²) in [7, 11) is -1.83. The first-order valence-electron chi connectivity index (χ1n) is 21.3. The number of nitrogens with one attached hydrogen (secondary N) is 4. The average Bonchev–Trinajstić information content (AvgIpc) is 3.70. The summed E-state index contributed by atoms with van der Waals surface area (Å²) in [4.78, 5) is 59.2. The number of benzene rings is 3. The van der Waals surface area contributed by atoms with E-state index >= 15 is 0 Å². The number of hydrogen-bond acceptors (Lipinski definition) is 7. The minimum atomic E-state index is -1.83. The van der Waals surface area contributed by atoms with E-state index in [-0.39, 0.29) is 42.8 Å². The molecule has 1 aliphatic carbocycles. The number of likely N-dealkylation sites (tertiary alicyclic amines) is 2. The number of piperidine rings is 1. The first-order valence-corrected chi connectivity index (χ1v) is 21.3. The van der Waals surface area contributed by atoms with E-state index in [9.17, 15) is 29.2 Å². The molecule has 306 valence electrons. The second-order valence-electron chi connectivity index (χ2n) is 16.3. The largest absolute Gasteiger partial charge is 0.475 e. The molecule has 3 fully saturated rings. The summed E-state index contributed by atoms with van der Waals surface area (Å²) in [5, 5.41) is 34.2. The number of hydrogen-bond donors (Lipinski definition) is 6. The fourth-order valence-electron chi connectivity index (χ4n) is 8.90. The molecule has 2 heterocycles. The Bertz CT molecular complexity index is 1770. The van der Waals surface area contributed by atoms with E-state index in [1.807, 2.05) is 54.6 Å². The molecule has 2 aliphatic heterocycles. The van der Waals surface area contributed by atoms with Crippen LogP contribution in [0.5, 0.6) is 0 Å². The molecule has 0 unspecified atom stereocenters. The standard InChI is InChI=1S/C44H61BN6O6/c52-41(36-23-22-34-19-8-9-20-35(34)29-36)48-38(28-33-16-6-2-7-17-33)43(54)51-31-37(50-26-10-3-11-27-50)30-39(51)42(53)49-40(45(56)57)21-13-25-47-44(55)46-24-12-18-32-14-4-1-5-15-32/h1,4-5,8-9,14-15,19-20,22-23,29,33,37-40,56-57H,2-3,6-7,10-13,16-18,21,24-28,30-31H2,(H,48,52)(H,49,53)(H2,46,47,55)/t37-,38-,39+,40+/m1/s1. The Kier molecular flexibility index (Phi) is 15.8. The van der Waals surface area contributed by atoms with Crippen molar-refractivity contribution in [2.45, 2.75) is 114 Å². The van der Waals surface area contributed by atoms with E-state index in [1.54, 1.807) is 11.0 Å². The van der Waals surface area contributed by atoms with E-state index < -0.39 is 31.1 Å². The Morgan fingerprint density at radius 3 is 2.19 bits per heavy atom. The molecule has 2 saturated heterocycles. The van der Waals surface area contributed by atoms with Gasteiger partial charge in [0.1, 0.15) is 12.1 Å². The molecule has 3 aliphatic rings. The minimum absolute atomic E-state index is 0.0237. The minimum Gasteiger partial charge on any atom is -0.426 e. The van der Waals surface area contributed by atoms with Crippen molar-refractivity contribution in [2.24, 2.45) is 5.92 Å². The van der Waals surface area contributed by atoms with Crippen LogP contribution in [0.2, 0.25) is 0 Å². The molecule has 6 rings (SSSR count). The Hall–Kier alpha value is -4.46. The molecule has 3 aromatic carbocycles. The van der Waals surface area contributed by atoms with E-state index in [4.69, 9.17) is 0 Å². The van der Waals surface area contributed by atoms with Gasteiger partial charge >= 0.3 is 13.1 Å². The molecule has 0 radical (unpaired) electrons. The molecule has 0 spiro atoms. The van der Waals surface area contributed by atoms with E-state index in [2.05, 4.69) is 38.3 Å². The van der Waals surface area contributed by atoms with Gasteiger partial charge in [-0.25, -0.2) is 4.79 Å². The highest BCUT2D eigenvalue weighted by molar-refractivity contribution is 6.43. The van der Waals surface area contributed by atoms with Crippen LogP contribution >= 0.6 is 0 Å². The highest BCUT2D eigenvalue weighted by Gasteiger charge is 2.45. The Morgan fingerprint density at radius 2 is 1.46 bits per heavy atom. The monoisotopic (exact) mass is 780 g/mol. The number of carbonyl (C=O) groups excluding carboxylic acids is 4. The predicted octanol–water partition coefficient (Wildman–Crippen LogP) is 4.57. The second-order valence-corrected chi connectivity index (χ2v) is 16.3.